The van der Waals surface area contributed by atoms with Crippen LogP contribution in [0.2, 0.25) is 0 Å². The quantitative estimate of drug-likeness (QED) is 0.783. The third kappa shape index (κ3) is 4.82. The van der Waals surface area contributed by atoms with Crippen LogP contribution in [0.15, 0.2) is 18.2 Å². The van der Waals surface area contributed by atoms with Gasteiger partial charge in [-0.25, -0.2) is 13.8 Å². The molecule has 1 aliphatic rings. The molecule has 0 bridgehead atoms. The second-order valence-corrected chi connectivity index (χ2v) is 9.60. The monoisotopic (exact) mass is 447 g/mol. The molecule has 0 fully saturated rings. The van der Waals surface area contributed by atoms with Gasteiger partial charge in [0, 0.05) is 27.2 Å². The van der Waals surface area contributed by atoms with E-state index in [1.54, 1.807) is 18.7 Å². The topological polar surface area (TPSA) is 70.5 Å². The van der Waals surface area contributed by atoms with Gasteiger partial charge < -0.3 is 19.7 Å². The van der Waals surface area contributed by atoms with E-state index >= 15 is 0 Å². The van der Waals surface area contributed by atoms with E-state index in [4.69, 9.17) is 0 Å². The van der Waals surface area contributed by atoms with Crippen LogP contribution in [-0.2, 0) is 17.9 Å². The highest BCUT2D eigenvalue weighted by Gasteiger charge is 2.36. The van der Waals surface area contributed by atoms with Crippen LogP contribution in [0.5, 0.6) is 0 Å². The van der Waals surface area contributed by atoms with Crippen LogP contribution in [0.1, 0.15) is 43.4 Å². The van der Waals surface area contributed by atoms with Crippen molar-refractivity contribution in [3.8, 4) is 11.4 Å². The lowest BCUT2D eigenvalue weighted by Crippen LogP contribution is -2.53. The van der Waals surface area contributed by atoms with E-state index in [0.717, 1.165) is 31.2 Å². The molecule has 2 amide bonds. The first kappa shape index (κ1) is 23.8. The molecule has 1 atom stereocenters. The molecule has 32 heavy (non-hydrogen) atoms. The Morgan fingerprint density at radius 1 is 1.19 bits per heavy atom. The largest absolute Gasteiger partial charge is 0.347 e. The molecular formula is C23H31F2N5O2. The molecule has 3 rings (SSSR count). The van der Waals surface area contributed by atoms with Crippen molar-refractivity contribution >= 4 is 11.8 Å². The van der Waals surface area contributed by atoms with E-state index in [2.05, 4.69) is 15.2 Å². The van der Waals surface area contributed by atoms with E-state index < -0.39 is 29.0 Å². The number of amides is 2. The second-order valence-electron chi connectivity index (χ2n) is 9.60. The molecule has 0 aliphatic carbocycles. The maximum Gasteiger partial charge on any atom is 0.272 e. The van der Waals surface area contributed by atoms with E-state index in [-0.39, 0.29) is 23.0 Å². The highest BCUT2D eigenvalue weighted by atomic mass is 19.1. The minimum atomic E-state index is -0.778. The summed E-state index contributed by atoms with van der Waals surface area (Å²) < 4.78 is 30.3. The van der Waals surface area contributed by atoms with Crippen molar-refractivity contribution in [2.75, 3.05) is 27.7 Å². The molecule has 0 spiro atoms. The van der Waals surface area contributed by atoms with E-state index in [1.807, 2.05) is 27.8 Å². The molecule has 0 saturated heterocycles. The standard InChI is InChI=1S/C23H31F2N5O2/c1-23(2,3)19(22(32)28(4)5)27-21(31)18-17-13-29(6)10-7-11-30(17)20(26-18)15-12-14(24)8-9-16(15)25/h8-9,12,19H,7,10-11,13H2,1-6H3,(H,27,31). The number of benzene rings is 1. The maximum absolute atomic E-state index is 14.6. The number of imidazole rings is 1. The number of hydrogen-bond donors (Lipinski definition) is 1. The summed E-state index contributed by atoms with van der Waals surface area (Å²) in [5, 5.41) is 2.84. The molecule has 2 heterocycles. The average molecular weight is 448 g/mol. The zero-order chi connectivity index (χ0) is 23.8. The normalized spacial score (nSPS) is 15.6. The molecule has 7 nitrogen and oxygen atoms in total. The molecule has 0 saturated carbocycles. The number of halogens is 2. The highest BCUT2D eigenvalue weighted by Crippen LogP contribution is 2.29. The lowest BCUT2D eigenvalue weighted by Gasteiger charge is -2.32. The van der Waals surface area contributed by atoms with Crippen molar-refractivity contribution < 1.29 is 18.4 Å². The fourth-order valence-corrected chi connectivity index (χ4v) is 3.88. The van der Waals surface area contributed by atoms with Crippen LogP contribution in [0.3, 0.4) is 0 Å². The number of nitrogens with one attached hydrogen (secondary N) is 1. The Hall–Kier alpha value is -2.81. The van der Waals surface area contributed by atoms with Crippen molar-refractivity contribution in [3.05, 3.63) is 41.2 Å². The number of aromatic nitrogens is 2. The second kappa shape index (κ2) is 8.97. The lowest BCUT2D eigenvalue weighted by atomic mass is 9.85. The Bertz CT molecular complexity index is 1030. The highest BCUT2D eigenvalue weighted by molar-refractivity contribution is 5.97. The van der Waals surface area contributed by atoms with Gasteiger partial charge in [0.2, 0.25) is 5.91 Å². The molecule has 1 aromatic heterocycles. The fraction of sp³-hybridized carbons (Fsp3) is 0.522. The Morgan fingerprint density at radius 3 is 2.50 bits per heavy atom. The first-order valence-corrected chi connectivity index (χ1v) is 10.7. The zero-order valence-corrected chi connectivity index (χ0v) is 19.5. The van der Waals surface area contributed by atoms with Crippen LogP contribution in [0, 0.1) is 17.0 Å². The summed E-state index contributed by atoms with van der Waals surface area (Å²) in [6.07, 6.45) is 0.772. The Balaban J connectivity index is 2.10. The van der Waals surface area contributed by atoms with E-state index in [0.29, 0.717) is 18.8 Å². The van der Waals surface area contributed by atoms with Gasteiger partial charge in [0.1, 0.15) is 23.5 Å². The number of rotatable bonds is 4. The third-order valence-electron chi connectivity index (χ3n) is 5.63. The van der Waals surface area contributed by atoms with Crippen molar-refractivity contribution in [1.82, 2.24) is 24.7 Å². The molecule has 1 unspecified atom stereocenters. The summed E-state index contributed by atoms with van der Waals surface area (Å²) in [6, 6.07) is 2.42. The summed E-state index contributed by atoms with van der Waals surface area (Å²) in [7, 11) is 5.20. The maximum atomic E-state index is 14.6. The van der Waals surface area contributed by atoms with Gasteiger partial charge in [-0.15, -0.1) is 0 Å². The van der Waals surface area contributed by atoms with Crippen molar-refractivity contribution in [1.29, 1.82) is 0 Å². The minimum Gasteiger partial charge on any atom is -0.347 e. The van der Waals surface area contributed by atoms with Crippen LogP contribution < -0.4 is 5.32 Å². The molecule has 1 N–H and O–H groups in total. The van der Waals surface area contributed by atoms with Gasteiger partial charge >= 0.3 is 0 Å². The van der Waals surface area contributed by atoms with Crippen molar-refractivity contribution in [2.45, 2.75) is 46.3 Å². The van der Waals surface area contributed by atoms with Crippen LogP contribution in [0.25, 0.3) is 11.4 Å². The van der Waals surface area contributed by atoms with Crippen molar-refractivity contribution in [2.24, 2.45) is 5.41 Å². The average Bonchev–Trinajstić information content (AvgIpc) is 2.92. The zero-order valence-electron chi connectivity index (χ0n) is 19.5. The number of likely N-dealkylation sites (N-methyl/N-ethyl adjacent to an activating group) is 1. The predicted molar refractivity (Wildman–Crippen MR) is 118 cm³/mol. The van der Waals surface area contributed by atoms with Gasteiger partial charge in [0.15, 0.2) is 5.69 Å². The number of fused-ring (bicyclic) bond motifs is 1. The lowest BCUT2D eigenvalue weighted by molar-refractivity contribution is -0.133. The van der Waals surface area contributed by atoms with Gasteiger partial charge in [-0.3, -0.25) is 9.59 Å². The number of nitrogens with zero attached hydrogens (tertiary/aromatic N) is 4. The van der Waals surface area contributed by atoms with E-state index in [1.165, 1.54) is 4.90 Å². The molecular weight excluding hydrogens is 416 g/mol. The molecule has 9 heteroatoms. The number of carbonyl (C=O) groups is 2. The Labute approximate surface area is 187 Å². The summed E-state index contributed by atoms with van der Waals surface area (Å²) in [5.41, 5.74) is 0.207. The van der Waals surface area contributed by atoms with Gasteiger partial charge in [0.05, 0.1) is 11.3 Å². The first-order chi connectivity index (χ1) is 14.9. The number of hydrogen-bond acceptors (Lipinski definition) is 4. The SMILES string of the molecule is CN1CCCn2c(-c3cc(F)ccc3F)nc(C(=O)NC(C(=O)N(C)C)C(C)(C)C)c2C1. The first-order valence-electron chi connectivity index (χ1n) is 10.7. The Morgan fingerprint density at radius 2 is 1.88 bits per heavy atom. The van der Waals surface area contributed by atoms with Crippen LogP contribution in [-0.4, -0.2) is 64.9 Å². The molecule has 174 valence electrons. The summed E-state index contributed by atoms with van der Waals surface area (Å²) in [6.45, 7) is 7.34. The summed E-state index contributed by atoms with van der Waals surface area (Å²) >= 11 is 0. The van der Waals surface area contributed by atoms with Gasteiger partial charge in [-0.05, 0) is 43.6 Å². The number of carbonyl (C=O) groups excluding carboxylic acids is 2. The third-order valence-corrected chi connectivity index (χ3v) is 5.63. The predicted octanol–water partition coefficient (Wildman–Crippen LogP) is 2.90. The van der Waals surface area contributed by atoms with Crippen molar-refractivity contribution in [3.63, 3.8) is 0 Å². The minimum absolute atomic E-state index is 0.00610. The fourth-order valence-electron chi connectivity index (χ4n) is 3.88. The van der Waals surface area contributed by atoms with Gasteiger partial charge in [-0.1, -0.05) is 20.8 Å². The van der Waals surface area contributed by atoms with Crippen LogP contribution in [0.4, 0.5) is 8.78 Å². The molecule has 2 aromatic rings. The summed E-state index contributed by atoms with van der Waals surface area (Å²) in [4.78, 5) is 34.1. The summed E-state index contributed by atoms with van der Waals surface area (Å²) in [5.74, 6) is -1.73. The van der Waals surface area contributed by atoms with E-state index in [9.17, 15) is 18.4 Å². The van der Waals surface area contributed by atoms with Crippen LogP contribution >= 0.6 is 0 Å². The smallest absolute Gasteiger partial charge is 0.272 e. The Kier molecular flexibility index (Phi) is 6.69. The molecule has 0 radical (unpaired) electrons. The molecule has 1 aromatic carbocycles. The molecule has 1 aliphatic heterocycles. The van der Waals surface area contributed by atoms with Gasteiger partial charge in [0.25, 0.3) is 5.91 Å². The van der Waals surface area contributed by atoms with Gasteiger partial charge in [-0.2, -0.15) is 0 Å².